The van der Waals surface area contributed by atoms with E-state index in [4.69, 9.17) is 11.6 Å². The van der Waals surface area contributed by atoms with E-state index in [9.17, 15) is 0 Å². The van der Waals surface area contributed by atoms with Gasteiger partial charge in [0.2, 0.25) is 5.28 Å². The number of hydrogen-bond donors (Lipinski definition) is 0. The molecule has 3 nitrogen and oxygen atoms in total. The molecule has 3 heterocycles. The largest absolute Gasteiger partial charge is 0.355 e. The van der Waals surface area contributed by atoms with Crippen molar-refractivity contribution in [2.24, 2.45) is 11.8 Å². The molecule has 0 aliphatic carbocycles. The molecule has 1 fully saturated rings. The van der Waals surface area contributed by atoms with Crippen LogP contribution in [0.1, 0.15) is 20.3 Å². The number of anilines is 1. The van der Waals surface area contributed by atoms with Crippen LogP contribution in [0.25, 0.3) is 10.2 Å². The Kier molecular flexibility index (Phi) is 3.16. The minimum atomic E-state index is 0.353. The molecule has 96 valence electrons. The second-order valence-electron chi connectivity index (χ2n) is 5.31. The predicted octanol–water partition coefficient (Wildman–Crippen LogP) is 3.83. The topological polar surface area (TPSA) is 29.0 Å². The second kappa shape index (κ2) is 4.67. The van der Waals surface area contributed by atoms with Crippen LogP contribution in [0.5, 0.6) is 0 Å². The summed E-state index contributed by atoms with van der Waals surface area (Å²) in [5, 5.41) is 3.53. The average Bonchev–Trinajstić information content (AvgIpc) is 2.74. The first kappa shape index (κ1) is 12.2. The van der Waals surface area contributed by atoms with Gasteiger partial charge in [0.05, 0.1) is 5.39 Å². The van der Waals surface area contributed by atoms with E-state index in [0.29, 0.717) is 17.1 Å². The molecule has 1 aliphatic rings. The van der Waals surface area contributed by atoms with Crippen LogP contribution in [0.3, 0.4) is 0 Å². The summed E-state index contributed by atoms with van der Waals surface area (Å²) in [6.07, 6.45) is 1.29. The molecule has 5 heteroatoms. The molecule has 0 radical (unpaired) electrons. The minimum Gasteiger partial charge on any atom is -0.355 e. The maximum atomic E-state index is 6.03. The predicted molar refractivity (Wildman–Crippen MR) is 77.6 cm³/mol. The van der Waals surface area contributed by atoms with Gasteiger partial charge in [0.25, 0.3) is 0 Å². The van der Waals surface area contributed by atoms with Gasteiger partial charge in [-0.15, -0.1) is 11.3 Å². The molecule has 1 saturated heterocycles. The smallest absolute Gasteiger partial charge is 0.225 e. The lowest BCUT2D eigenvalue weighted by molar-refractivity contribution is 0.356. The highest BCUT2D eigenvalue weighted by molar-refractivity contribution is 7.16. The lowest BCUT2D eigenvalue weighted by Crippen LogP contribution is -2.39. The van der Waals surface area contributed by atoms with Gasteiger partial charge >= 0.3 is 0 Å². The van der Waals surface area contributed by atoms with Crippen LogP contribution in [-0.2, 0) is 0 Å². The Hall–Kier alpha value is -0.870. The maximum absolute atomic E-state index is 6.03. The fourth-order valence-corrected chi connectivity index (χ4v) is 3.86. The molecule has 2 aromatic rings. The molecule has 1 aliphatic heterocycles. The molecule has 3 rings (SSSR count). The molecule has 0 saturated carbocycles. The van der Waals surface area contributed by atoms with E-state index in [1.165, 1.54) is 6.42 Å². The van der Waals surface area contributed by atoms with E-state index < -0.39 is 0 Å². The van der Waals surface area contributed by atoms with Crippen molar-refractivity contribution in [1.29, 1.82) is 0 Å². The Bertz CT molecular complexity index is 558. The van der Waals surface area contributed by atoms with Crippen LogP contribution in [0.4, 0.5) is 5.82 Å². The fourth-order valence-electron chi connectivity index (χ4n) is 2.89. The number of aromatic nitrogens is 2. The number of fused-ring (bicyclic) bond motifs is 1. The van der Waals surface area contributed by atoms with Crippen LogP contribution >= 0.6 is 22.9 Å². The van der Waals surface area contributed by atoms with Crippen LogP contribution in [0, 0.1) is 11.8 Å². The molecule has 0 aromatic carbocycles. The van der Waals surface area contributed by atoms with Crippen molar-refractivity contribution in [2.45, 2.75) is 20.3 Å². The van der Waals surface area contributed by atoms with Gasteiger partial charge in [0, 0.05) is 13.1 Å². The first-order valence-electron chi connectivity index (χ1n) is 6.29. The summed E-state index contributed by atoms with van der Waals surface area (Å²) in [6.45, 7) is 6.72. The van der Waals surface area contributed by atoms with Crippen molar-refractivity contribution in [2.75, 3.05) is 18.0 Å². The van der Waals surface area contributed by atoms with Crippen LogP contribution in [0.15, 0.2) is 11.4 Å². The molecular weight excluding hydrogens is 266 g/mol. The number of rotatable bonds is 1. The van der Waals surface area contributed by atoms with Gasteiger partial charge in [-0.3, -0.25) is 0 Å². The summed E-state index contributed by atoms with van der Waals surface area (Å²) >= 11 is 7.65. The maximum Gasteiger partial charge on any atom is 0.225 e. The summed E-state index contributed by atoms with van der Waals surface area (Å²) < 4.78 is 0. The zero-order chi connectivity index (χ0) is 12.7. The third-order valence-corrected chi connectivity index (χ3v) is 4.42. The SMILES string of the molecule is CC1CC(C)CN(c2nc(Cl)nc3sccc23)C1. The first-order valence-corrected chi connectivity index (χ1v) is 7.55. The van der Waals surface area contributed by atoms with E-state index in [2.05, 4.69) is 40.2 Å². The number of nitrogens with zero attached hydrogens (tertiary/aromatic N) is 3. The lowest BCUT2D eigenvalue weighted by Gasteiger charge is -2.36. The van der Waals surface area contributed by atoms with E-state index in [1.807, 2.05) is 0 Å². The third kappa shape index (κ3) is 2.19. The van der Waals surface area contributed by atoms with Gasteiger partial charge in [-0.25, -0.2) is 4.98 Å². The van der Waals surface area contributed by atoms with Crippen LogP contribution in [-0.4, -0.2) is 23.1 Å². The molecule has 0 amide bonds. The zero-order valence-corrected chi connectivity index (χ0v) is 12.1. The standard InChI is InChI=1S/C13H16ClN3S/c1-8-5-9(2)7-17(6-8)11-10-3-4-18-12(10)16-13(14)15-11/h3-4,8-9H,5-7H2,1-2H3. The van der Waals surface area contributed by atoms with E-state index >= 15 is 0 Å². The summed E-state index contributed by atoms with van der Waals surface area (Å²) in [7, 11) is 0. The first-order chi connectivity index (χ1) is 8.63. The van der Waals surface area contributed by atoms with Crippen molar-refractivity contribution in [3.8, 4) is 0 Å². The molecule has 2 aromatic heterocycles. The van der Waals surface area contributed by atoms with Gasteiger partial charge in [-0.05, 0) is 41.3 Å². The second-order valence-corrected chi connectivity index (χ2v) is 6.54. The number of halogens is 1. The van der Waals surface area contributed by atoms with Gasteiger partial charge in [-0.2, -0.15) is 4.98 Å². The number of hydrogen-bond acceptors (Lipinski definition) is 4. The molecular formula is C13H16ClN3S. The van der Waals surface area contributed by atoms with Gasteiger partial charge in [0.15, 0.2) is 0 Å². The van der Waals surface area contributed by atoms with Crippen LogP contribution in [0.2, 0.25) is 5.28 Å². The van der Waals surface area contributed by atoms with E-state index in [-0.39, 0.29) is 0 Å². The Morgan fingerprint density at radius 2 is 2.00 bits per heavy atom. The Balaban J connectivity index is 2.05. The Morgan fingerprint density at radius 1 is 1.28 bits per heavy atom. The number of thiophene rings is 1. The normalized spacial score (nSPS) is 24.7. The molecule has 2 unspecified atom stereocenters. The van der Waals surface area contributed by atoms with Crippen molar-refractivity contribution >= 4 is 39.0 Å². The molecule has 0 spiro atoms. The van der Waals surface area contributed by atoms with E-state index in [0.717, 1.165) is 29.1 Å². The molecule has 0 bridgehead atoms. The average molecular weight is 282 g/mol. The van der Waals surface area contributed by atoms with Crippen molar-refractivity contribution in [1.82, 2.24) is 9.97 Å². The molecule has 0 N–H and O–H groups in total. The quantitative estimate of drug-likeness (QED) is 0.744. The minimum absolute atomic E-state index is 0.353. The monoisotopic (exact) mass is 281 g/mol. The fraction of sp³-hybridized carbons (Fsp3) is 0.538. The van der Waals surface area contributed by atoms with Gasteiger partial charge in [-0.1, -0.05) is 13.8 Å². The summed E-state index contributed by atoms with van der Waals surface area (Å²) in [4.78, 5) is 12.1. The summed E-state index contributed by atoms with van der Waals surface area (Å²) in [5.41, 5.74) is 0. The Labute approximate surface area is 116 Å². The van der Waals surface area contributed by atoms with Crippen molar-refractivity contribution in [3.05, 3.63) is 16.7 Å². The Morgan fingerprint density at radius 3 is 2.72 bits per heavy atom. The van der Waals surface area contributed by atoms with Crippen molar-refractivity contribution in [3.63, 3.8) is 0 Å². The highest BCUT2D eigenvalue weighted by atomic mass is 35.5. The number of piperidine rings is 1. The van der Waals surface area contributed by atoms with Gasteiger partial charge in [0.1, 0.15) is 10.6 Å². The summed E-state index contributed by atoms with van der Waals surface area (Å²) in [5.74, 6) is 2.41. The molecule has 18 heavy (non-hydrogen) atoms. The summed E-state index contributed by atoms with van der Waals surface area (Å²) in [6, 6.07) is 2.09. The van der Waals surface area contributed by atoms with Crippen molar-refractivity contribution < 1.29 is 0 Å². The lowest BCUT2D eigenvalue weighted by atomic mass is 9.92. The molecule has 2 atom stereocenters. The van der Waals surface area contributed by atoms with Crippen LogP contribution < -0.4 is 4.90 Å². The highest BCUT2D eigenvalue weighted by Crippen LogP contribution is 2.32. The highest BCUT2D eigenvalue weighted by Gasteiger charge is 2.24. The van der Waals surface area contributed by atoms with Gasteiger partial charge < -0.3 is 4.90 Å². The zero-order valence-electron chi connectivity index (χ0n) is 10.6. The third-order valence-electron chi connectivity index (χ3n) is 3.45. The van der Waals surface area contributed by atoms with E-state index in [1.54, 1.807) is 11.3 Å².